The van der Waals surface area contributed by atoms with Crippen molar-refractivity contribution >= 4 is 28.9 Å². The maximum Gasteiger partial charge on any atom is 0.294 e. The van der Waals surface area contributed by atoms with Gasteiger partial charge in [-0.15, -0.1) is 5.10 Å². The second-order valence-electron chi connectivity index (χ2n) is 3.49. The third kappa shape index (κ3) is 3.89. The Morgan fingerprint density at radius 1 is 1.61 bits per heavy atom. The maximum atomic E-state index is 10.8. The molecule has 0 saturated carbocycles. The zero-order valence-corrected chi connectivity index (χ0v) is 10.9. The van der Waals surface area contributed by atoms with Crippen molar-refractivity contribution < 1.29 is 9.66 Å². The molecule has 7 heteroatoms. The Morgan fingerprint density at radius 3 is 2.89 bits per heavy atom. The average Bonchev–Trinajstić information content (AvgIpc) is 2.34. The van der Waals surface area contributed by atoms with E-state index in [-0.39, 0.29) is 11.4 Å². The van der Waals surface area contributed by atoms with Crippen LogP contribution in [0.1, 0.15) is 19.8 Å². The molecule has 0 aliphatic carbocycles. The zero-order chi connectivity index (χ0) is 13.5. The third-order valence-corrected chi connectivity index (χ3v) is 2.39. The number of nitrogens with zero attached hydrogens (tertiary/aromatic N) is 2. The van der Waals surface area contributed by atoms with E-state index < -0.39 is 4.92 Å². The minimum Gasteiger partial charge on any atom is -0.483 e. The van der Waals surface area contributed by atoms with Crippen LogP contribution in [-0.4, -0.2) is 17.9 Å². The molecule has 0 aliphatic rings. The molecular formula is C11H14ClN3O3. The number of anilines is 1. The van der Waals surface area contributed by atoms with Gasteiger partial charge in [0.1, 0.15) is 5.69 Å². The Hall–Kier alpha value is -1.82. The van der Waals surface area contributed by atoms with E-state index in [4.69, 9.17) is 16.3 Å². The van der Waals surface area contributed by atoms with Crippen LogP contribution in [-0.2, 0) is 4.74 Å². The Bertz CT molecular complexity index is 463. The molecule has 0 aliphatic heterocycles. The van der Waals surface area contributed by atoms with Crippen LogP contribution in [0.25, 0.3) is 0 Å². The fraction of sp³-hybridized carbons (Fsp3) is 0.364. The smallest absolute Gasteiger partial charge is 0.294 e. The number of rotatable bonds is 5. The van der Waals surface area contributed by atoms with Crippen molar-refractivity contribution in [3.8, 4) is 0 Å². The van der Waals surface area contributed by atoms with E-state index in [0.717, 1.165) is 6.42 Å². The van der Waals surface area contributed by atoms with E-state index in [1.54, 1.807) is 0 Å². The molecule has 0 bridgehead atoms. The van der Waals surface area contributed by atoms with Crippen molar-refractivity contribution in [2.45, 2.75) is 19.8 Å². The van der Waals surface area contributed by atoms with Crippen LogP contribution in [0, 0.1) is 10.1 Å². The predicted molar refractivity (Wildman–Crippen MR) is 71.1 cm³/mol. The van der Waals surface area contributed by atoms with Crippen molar-refractivity contribution in [3.05, 3.63) is 33.3 Å². The Kier molecular flexibility index (Phi) is 5.38. The second-order valence-corrected chi connectivity index (χ2v) is 3.93. The van der Waals surface area contributed by atoms with Crippen LogP contribution >= 0.6 is 11.6 Å². The molecule has 98 valence electrons. The molecule has 0 unspecified atom stereocenters. The molecule has 0 amide bonds. The van der Waals surface area contributed by atoms with Gasteiger partial charge in [0.25, 0.3) is 5.69 Å². The molecule has 0 fully saturated rings. The first-order valence-electron chi connectivity index (χ1n) is 5.39. The van der Waals surface area contributed by atoms with Gasteiger partial charge in [-0.3, -0.25) is 15.5 Å². The number of halogens is 1. The van der Waals surface area contributed by atoms with E-state index in [9.17, 15) is 10.1 Å². The van der Waals surface area contributed by atoms with Gasteiger partial charge >= 0.3 is 0 Å². The van der Waals surface area contributed by atoms with E-state index in [0.29, 0.717) is 17.3 Å². The van der Waals surface area contributed by atoms with Gasteiger partial charge in [0.2, 0.25) is 5.90 Å². The van der Waals surface area contributed by atoms with Crippen molar-refractivity contribution in [1.29, 1.82) is 0 Å². The van der Waals surface area contributed by atoms with Crippen molar-refractivity contribution in [2.75, 3.05) is 12.5 Å². The summed E-state index contributed by atoms with van der Waals surface area (Å²) < 4.78 is 5.03. The van der Waals surface area contributed by atoms with Crippen molar-refractivity contribution in [2.24, 2.45) is 5.10 Å². The normalized spacial score (nSPS) is 11.2. The molecule has 0 aromatic heterocycles. The summed E-state index contributed by atoms with van der Waals surface area (Å²) in [6, 6.07) is 4.23. The van der Waals surface area contributed by atoms with E-state index in [2.05, 4.69) is 10.5 Å². The van der Waals surface area contributed by atoms with E-state index in [1.807, 2.05) is 6.92 Å². The lowest BCUT2D eigenvalue weighted by Gasteiger charge is -2.06. The number of ether oxygens (including phenoxy) is 1. The topological polar surface area (TPSA) is 76.8 Å². The molecule has 1 aromatic rings. The van der Waals surface area contributed by atoms with E-state index in [1.165, 1.54) is 25.3 Å². The SMILES string of the molecule is CCC/C(=N\Nc1cc(Cl)ccc1[N+](=O)[O-])OC. The third-order valence-electron chi connectivity index (χ3n) is 2.16. The standard InChI is InChI=1S/C11H14ClN3O3/c1-3-4-11(18-2)14-13-9-7-8(12)5-6-10(9)15(16)17/h5-7,13H,3-4H2,1-2H3/b14-11+. The van der Waals surface area contributed by atoms with Gasteiger partial charge in [0.05, 0.1) is 12.0 Å². The van der Waals surface area contributed by atoms with E-state index >= 15 is 0 Å². The minimum atomic E-state index is -0.500. The van der Waals surface area contributed by atoms with Crippen LogP contribution in [0.3, 0.4) is 0 Å². The zero-order valence-electron chi connectivity index (χ0n) is 10.1. The Labute approximate surface area is 110 Å². The summed E-state index contributed by atoms with van der Waals surface area (Å²) in [6.45, 7) is 1.98. The second kappa shape index (κ2) is 6.80. The lowest BCUT2D eigenvalue weighted by atomic mass is 10.3. The first-order valence-corrected chi connectivity index (χ1v) is 5.76. The monoisotopic (exact) mass is 271 g/mol. The lowest BCUT2D eigenvalue weighted by Crippen LogP contribution is -2.05. The summed E-state index contributed by atoms with van der Waals surface area (Å²) in [7, 11) is 1.50. The highest BCUT2D eigenvalue weighted by molar-refractivity contribution is 6.31. The number of nitrogens with one attached hydrogen (secondary N) is 1. The summed E-state index contributed by atoms with van der Waals surface area (Å²) in [4.78, 5) is 10.3. The van der Waals surface area contributed by atoms with Gasteiger partial charge in [-0.2, -0.15) is 0 Å². The van der Waals surface area contributed by atoms with Crippen molar-refractivity contribution in [3.63, 3.8) is 0 Å². The van der Waals surface area contributed by atoms with Gasteiger partial charge in [0, 0.05) is 17.5 Å². The number of benzene rings is 1. The quantitative estimate of drug-likeness (QED) is 0.385. The number of hydrazone groups is 1. The van der Waals surface area contributed by atoms with Crippen LogP contribution < -0.4 is 5.43 Å². The summed E-state index contributed by atoms with van der Waals surface area (Å²) in [5.74, 6) is 0.478. The first kappa shape index (κ1) is 14.2. The highest BCUT2D eigenvalue weighted by atomic mass is 35.5. The number of hydrogen-bond acceptors (Lipinski definition) is 5. The summed E-state index contributed by atoms with van der Waals surface area (Å²) in [5, 5.41) is 15.2. The minimum absolute atomic E-state index is 0.0879. The molecule has 18 heavy (non-hydrogen) atoms. The van der Waals surface area contributed by atoms with Gasteiger partial charge in [-0.05, 0) is 18.6 Å². The fourth-order valence-electron chi connectivity index (χ4n) is 1.30. The summed E-state index contributed by atoms with van der Waals surface area (Å²) in [5.41, 5.74) is 2.75. The van der Waals surface area contributed by atoms with Gasteiger partial charge in [-0.1, -0.05) is 18.5 Å². The summed E-state index contributed by atoms with van der Waals surface area (Å²) in [6.07, 6.45) is 1.52. The number of nitro groups is 1. The highest BCUT2D eigenvalue weighted by Crippen LogP contribution is 2.27. The van der Waals surface area contributed by atoms with Gasteiger partial charge < -0.3 is 4.74 Å². The molecule has 6 nitrogen and oxygen atoms in total. The van der Waals surface area contributed by atoms with Crippen LogP contribution in [0.4, 0.5) is 11.4 Å². The summed E-state index contributed by atoms with van der Waals surface area (Å²) >= 11 is 5.79. The van der Waals surface area contributed by atoms with Crippen LogP contribution in [0.5, 0.6) is 0 Å². The molecule has 0 spiro atoms. The fourth-order valence-corrected chi connectivity index (χ4v) is 1.47. The predicted octanol–water partition coefficient (Wildman–Crippen LogP) is 3.42. The molecule has 0 heterocycles. The maximum absolute atomic E-state index is 10.8. The van der Waals surface area contributed by atoms with Gasteiger partial charge in [-0.25, -0.2) is 0 Å². The first-order chi connectivity index (χ1) is 8.58. The average molecular weight is 272 g/mol. The Balaban J connectivity index is 2.95. The number of nitro benzene ring substituents is 1. The molecule has 0 saturated heterocycles. The largest absolute Gasteiger partial charge is 0.483 e. The molecular weight excluding hydrogens is 258 g/mol. The lowest BCUT2D eigenvalue weighted by molar-refractivity contribution is -0.384. The van der Waals surface area contributed by atoms with Crippen LogP contribution in [0.2, 0.25) is 5.02 Å². The Morgan fingerprint density at radius 2 is 2.33 bits per heavy atom. The number of methoxy groups -OCH3 is 1. The molecule has 0 radical (unpaired) electrons. The molecule has 1 N–H and O–H groups in total. The van der Waals surface area contributed by atoms with Crippen molar-refractivity contribution in [1.82, 2.24) is 0 Å². The molecule has 1 aromatic carbocycles. The highest BCUT2D eigenvalue weighted by Gasteiger charge is 2.13. The molecule has 1 rings (SSSR count). The van der Waals surface area contributed by atoms with Gasteiger partial charge in [0.15, 0.2) is 0 Å². The number of hydrogen-bond donors (Lipinski definition) is 1. The molecule has 0 atom stereocenters. The van der Waals surface area contributed by atoms with Crippen LogP contribution in [0.15, 0.2) is 23.3 Å².